The van der Waals surface area contributed by atoms with Crippen LogP contribution in [0.25, 0.3) is 0 Å². The van der Waals surface area contributed by atoms with Crippen molar-refractivity contribution in [1.29, 1.82) is 0 Å². The Bertz CT molecular complexity index is 694. The Balaban J connectivity index is 1.80. The normalized spacial score (nSPS) is 12.0. The smallest absolute Gasteiger partial charge is 0.309 e. The van der Waals surface area contributed by atoms with Gasteiger partial charge in [0, 0.05) is 32.0 Å². The monoisotopic (exact) mass is 342 g/mol. The Kier molecular flexibility index (Phi) is 6.77. The van der Waals surface area contributed by atoms with E-state index in [0.29, 0.717) is 19.5 Å². The summed E-state index contributed by atoms with van der Waals surface area (Å²) >= 11 is 0. The number of likely N-dealkylation sites (N-methyl/N-ethyl adjacent to an activating group) is 1. The Labute approximate surface area is 148 Å². The summed E-state index contributed by atoms with van der Waals surface area (Å²) in [5.74, 6) is -1.20. The molecule has 6 nitrogen and oxygen atoms in total. The fourth-order valence-electron chi connectivity index (χ4n) is 2.69. The Morgan fingerprint density at radius 1 is 1.04 bits per heavy atom. The number of carbonyl (C=O) groups is 2. The van der Waals surface area contributed by atoms with Crippen LogP contribution in [0.5, 0.6) is 0 Å². The molecule has 2 aromatic rings. The molecule has 1 unspecified atom stereocenters. The third kappa shape index (κ3) is 5.46. The average Bonchev–Trinajstić information content (AvgIpc) is 3.01. The van der Waals surface area contributed by atoms with E-state index in [1.165, 1.54) is 0 Å². The van der Waals surface area contributed by atoms with Crippen molar-refractivity contribution < 1.29 is 9.59 Å². The zero-order chi connectivity index (χ0) is 18.2. The van der Waals surface area contributed by atoms with Crippen LogP contribution < -0.4 is 10.6 Å². The largest absolute Gasteiger partial charge is 0.353 e. The minimum absolute atomic E-state index is 0.000990. The molecule has 0 aliphatic heterocycles. The molecule has 2 amide bonds. The third-order valence-electron chi connectivity index (χ3n) is 4.15. The Morgan fingerprint density at radius 2 is 1.72 bits per heavy atom. The standard InChI is InChI=1S/C19H26N4O2/c1-22(2)17(16-10-7-13-23(16)3)14-21-19(25)18(24)20-12-11-15-8-5-4-6-9-15/h4-10,13,17H,11-12,14H2,1-3H3,(H,20,24)(H,21,25). The van der Waals surface area contributed by atoms with Crippen LogP contribution in [0.2, 0.25) is 0 Å². The summed E-state index contributed by atoms with van der Waals surface area (Å²) < 4.78 is 2.01. The Hall–Kier alpha value is -2.60. The fraction of sp³-hybridized carbons (Fsp3) is 0.368. The van der Waals surface area contributed by atoms with Crippen LogP contribution in [0.1, 0.15) is 17.3 Å². The van der Waals surface area contributed by atoms with Gasteiger partial charge in [-0.3, -0.25) is 14.5 Å². The first kappa shape index (κ1) is 18.7. The number of carbonyl (C=O) groups excluding carboxylic acids is 2. The second kappa shape index (κ2) is 9.03. The van der Waals surface area contributed by atoms with E-state index in [2.05, 4.69) is 10.6 Å². The van der Waals surface area contributed by atoms with Gasteiger partial charge in [-0.1, -0.05) is 30.3 Å². The van der Waals surface area contributed by atoms with Crippen molar-refractivity contribution >= 4 is 11.8 Å². The van der Waals surface area contributed by atoms with Gasteiger partial charge in [-0.05, 0) is 38.2 Å². The lowest BCUT2D eigenvalue weighted by Crippen LogP contribution is -2.43. The molecule has 2 N–H and O–H groups in total. The molecule has 0 bridgehead atoms. The molecule has 0 fully saturated rings. The summed E-state index contributed by atoms with van der Waals surface area (Å²) in [7, 11) is 5.86. The number of rotatable bonds is 7. The van der Waals surface area contributed by atoms with E-state index in [-0.39, 0.29) is 6.04 Å². The second-order valence-corrected chi connectivity index (χ2v) is 6.22. The maximum Gasteiger partial charge on any atom is 0.309 e. The van der Waals surface area contributed by atoms with Crippen molar-refractivity contribution in [2.45, 2.75) is 12.5 Å². The number of aryl methyl sites for hydroxylation is 1. The lowest BCUT2D eigenvalue weighted by atomic mass is 10.1. The summed E-state index contributed by atoms with van der Waals surface area (Å²) in [5, 5.41) is 5.38. The molecule has 0 aliphatic carbocycles. The van der Waals surface area contributed by atoms with Gasteiger partial charge in [0.2, 0.25) is 0 Å². The summed E-state index contributed by atoms with van der Waals surface area (Å²) in [6.07, 6.45) is 2.66. The van der Waals surface area contributed by atoms with Crippen molar-refractivity contribution in [3.8, 4) is 0 Å². The van der Waals surface area contributed by atoms with Crippen LogP contribution in [0.3, 0.4) is 0 Å². The van der Waals surface area contributed by atoms with E-state index < -0.39 is 11.8 Å². The SMILES string of the molecule is CN(C)C(CNC(=O)C(=O)NCCc1ccccc1)c1cccn1C. The van der Waals surface area contributed by atoms with Gasteiger partial charge >= 0.3 is 11.8 Å². The summed E-state index contributed by atoms with van der Waals surface area (Å²) in [4.78, 5) is 26.0. The molecule has 1 aromatic heterocycles. The van der Waals surface area contributed by atoms with Crippen LogP contribution in [0, 0.1) is 0 Å². The first-order chi connectivity index (χ1) is 12.0. The topological polar surface area (TPSA) is 66.4 Å². The summed E-state index contributed by atoms with van der Waals surface area (Å²) in [6, 6.07) is 13.8. The van der Waals surface area contributed by atoms with Gasteiger partial charge in [0.05, 0.1) is 6.04 Å². The first-order valence-corrected chi connectivity index (χ1v) is 8.36. The molecule has 1 heterocycles. The van der Waals surface area contributed by atoms with Gasteiger partial charge < -0.3 is 15.2 Å². The average molecular weight is 342 g/mol. The Morgan fingerprint density at radius 3 is 2.32 bits per heavy atom. The van der Waals surface area contributed by atoms with E-state index in [0.717, 1.165) is 11.3 Å². The van der Waals surface area contributed by atoms with E-state index in [9.17, 15) is 9.59 Å². The highest BCUT2D eigenvalue weighted by atomic mass is 16.2. The second-order valence-electron chi connectivity index (χ2n) is 6.22. The van der Waals surface area contributed by atoms with E-state index >= 15 is 0 Å². The van der Waals surface area contributed by atoms with Crippen LogP contribution in [-0.4, -0.2) is 48.5 Å². The minimum Gasteiger partial charge on any atom is -0.353 e. The van der Waals surface area contributed by atoms with Gasteiger partial charge in [-0.15, -0.1) is 0 Å². The molecule has 0 spiro atoms. The van der Waals surface area contributed by atoms with Crippen LogP contribution >= 0.6 is 0 Å². The molecule has 1 aromatic carbocycles. The van der Waals surface area contributed by atoms with Gasteiger partial charge in [-0.2, -0.15) is 0 Å². The highest BCUT2D eigenvalue weighted by molar-refractivity contribution is 6.35. The first-order valence-electron chi connectivity index (χ1n) is 8.36. The predicted octanol–water partition coefficient (Wildman–Crippen LogP) is 1.10. The minimum atomic E-state index is -0.603. The highest BCUT2D eigenvalue weighted by Crippen LogP contribution is 2.17. The van der Waals surface area contributed by atoms with Crippen molar-refractivity contribution in [3.63, 3.8) is 0 Å². The number of nitrogens with one attached hydrogen (secondary N) is 2. The maximum absolute atomic E-state index is 12.0. The molecular formula is C19H26N4O2. The van der Waals surface area contributed by atoms with Gasteiger partial charge in [0.15, 0.2) is 0 Å². The van der Waals surface area contributed by atoms with Crippen molar-refractivity contribution in [3.05, 3.63) is 59.9 Å². The molecule has 6 heteroatoms. The van der Waals surface area contributed by atoms with E-state index in [1.807, 2.05) is 79.3 Å². The van der Waals surface area contributed by atoms with Gasteiger partial charge in [0.25, 0.3) is 0 Å². The van der Waals surface area contributed by atoms with Gasteiger partial charge in [-0.25, -0.2) is 0 Å². The number of benzene rings is 1. The molecule has 0 saturated carbocycles. The molecular weight excluding hydrogens is 316 g/mol. The summed E-state index contributed by atoms with van der Waals surface area (Å²) in [5.41, 5.74) is 2.20. The summed E-state index contributed by atoms with van der Waals surface area (Å²) in [6.45, 7) is 0.807. The van der Waals surface area contributed by atoms with E-state index in [1.54, 1.807) is 0 Å². The number of hydrogen-bond acceptors (Lipinski definition) is 3. The quantitative estimate of drug-likeness (QED) is 0.741. The molecule has 0 aliphatic rings. The van der Waals surface area contributed by atoms with Crippen LogP contribution in [-0.2, 0) is 23.1 Å². The van der Waals surface area contributed by atoms with Crippen molar-refractivity contribution in [2.75, 3.05) is 27.2 Å². The molecule has 0 saturated heterocycles. The molecule has 1 atom stereocenters. The van der Waals surface area contributed by atoms with Crippen molar-refractivity contribution in [1.82, 2.24) is 20.1 Å². The molecule has 2 rings (SSSR count). The van der Waals surface area contributed by atoms with Crippen molar-refractivity contribution in [2.24, 2.45) is 7.05 Å². The third-order valence-corrected chi connectivity index (χ3v) is 4.15. The lowest BCUT2D eigenvalue weighted by Gasteiger charge is -2.25. The van der Waals surface area contributed by atoms with Crippen LogP contribution in [0.4, 0.5) is 0 Å². The fourth-order valence-corrected chi connectivity index (χ4v) is 2.69. The zero-order valence-corrected chi connectivity index (χ0v) is 15.0. The van der Waals surface area contributed by atoms with E-state index in [4.69, 9.17) is 0 Å². The number of hydrogen-bond donors (Lipinski definition) is 2. The number of aromatic nitrogens is 1. The van der Waals surface area contributed by atoms with Crippen LogP contribution in [0.15, 0.2) is 48.7 Å². The molecule has 134 valence electrons. The highest BCUT2D eigenvalue weighted by Gasteiger charge is 2.20. The number of amides is 2. The lowest BCUT2D eigenvalue weighted by molar-refractivity contribution is -0.139. The predicted molar refractivity (Wildman–Crippen MR) is 98.0 cm³/mol. The maximum atomic E-state index is 12.0. The molecule has 25 heavy (non-hydrogen) atoms. The van der Waals surface area contributed by atoms with Gasteiger partial charge in [0.1, 0.15) is 0 Å². The molecule has 0 radical (unpaired) electrons. The zero-order valence-electron chi connectivity index (χ0n) is 15.0. The number of nitrogens with zero attached hydrogens (tertiary/aromatic N) is 2.